The molecule has 2 aromatic carbocycles. The van der Waals surface area contributed by atoms with Crippen LogP contribution in [-0.4, -0.2) is 13.9 Å². The smallest absolute Gasteiger partial charge is 0.231 e. The standard InChI is InChI=1S/C17H13NO3/c1-19-10-2-3-11-12-4-5-15-17(21-9-20-15)16(12)13(6-7-18)14(11)8-10/h2-5,8,13H,6,9H2,1H3. The molecule has 4 heteroatoms. The minimum absolute atomic E-state index is 0.00625. The van der Waals surface area contributed by atoms with E-state index >= 15 is 0 Å². The summed E-state index contributed by atoms with van der Waals surface area (Å²) < 4.78 is 16.4. The van der Waals surface area contributed by atoms with Crippen LogP contribution in [0.25, 0.3) is 11.1 Å². The van der Waals surface area contributed by atoms with Gasteiger partial charge in [-0.3, -0.25) is 0 Å². The molecule has 0 fully saturated rings. The van der Waals surface area contributed by atoms with Crippen molar-refractivity contribution in [1.29, 1.82) is 5.26 Å². The Morgan fingerprint density at radius 1 is 1.24 bits per heavy atom. The van der Waals surface area contributed by atoms with Crippen molar-refractivity contribution in [2.45, 2.75) is 12.3 Å². The maximum absolute atomic E-state index is 9.20. The van der Waals surface area contributed by atoms with Crippen molar-refractivity contribution in [1.82, 2.24) is 0 Å². The molecule has 4 rings (SSSR count). The summed E-state index contributed by atoms with van der Waals surface area (Å²) in [6.45, 7) is 0.241. The Morgan fingerprint density at radius 2 is 2.10 bits per heavy atom. The van der Waals surface area contributed by atoms with E-state index in [0.717, 1.165) is 39.5 Å². The normalized spacial score (nSPS) is 17.0. The van der Waals surface area contributed by atoms with Gasteiger partial charge in [-0.2, -0.15) is 5.26 Å². The molecule has 0 aromatic heterocycles. The molecular formula is C17H13NO3. The lowest BCUT2D eigenvalue weighted by molar-refractivity contribution is 0.173. The van der Waals surface area contributed by atoms with Crippen molar-refractivity contribution in [2.75, 3.05) is 13.9 Å². The van der Waals surface area contributed by atoms with E-state index in [2.05, 4.69) is 6.07 Å². The van der Waals surface area contributed by atoms with E-state index in [1.807, 2.05) is 30.3 Å². The number of benzene rings is 2. The van der Waals surface area contributed by atoms with Crippen LogP contribution in [0.1, 0.15) is 23.5 Å². The summed E-state index contributed by atoms with van der Waals surface area (Å²) in [5.41, 5.74) is 4.45. The SMILES string of the molecule is COc1ccc2c(c1)C(CC#N)c1c-2ccc2c1OCO2. The van der Waals surface area contributed by atoms with Crippen LogP contribution in [0.15, 0.2) is 30.3 Å². The Balaban J connectivity index is 1.97. The molecule has 0 spiro atoms. The van der Waals surface area contributed by atoms with Crippen molar-refractivity contribution in [2.24, 2.45) is 0 Å². The second-order valence-electron chi connectivity index (χ2n) is 5.13. The van der Waals surface area contributed by atoms with Crippen LogP contribution in [0.4, 0.5) is 0 Å². The Kier molecular flexibility index (Phi) is 2.55. The number of ether oxygens (including phenoxy) is 3. The minimum Gasteiger partial charge on any atom is -0.497 e. The van der Waals surface area contributed by atoms with Gasteiger partial charge in [-0.25, -0.2) is 0 Å². The Morgan fingerprint density at radius 3 is 2.90 bits per heavy atom. The molecule has 1 aliphatic heterocycles. The van der Waals surface area contributed by atoms with Crippen molar-refractivity contribution >= 4 is 0 Å². The molecule has 2 aliphatic rings. The molecule has 1 atom stereocenters. The highest BCUT2D eigenvalue weighted by Crippen LogP contribution is 2.54. The number of hydrogen-bond acceptors (Lipinski definition) is 4. The highest BCUT2D eigenvalue weighted by atomic mass is 16.7. The molecule has 0 saturated heterocycles. The van der Waals surface area contributed by atoms with Crippen LogP contribution in [-0.2, 0) is 0 Å². The summed E-state index contributed by atoms with van der Waals surface area (Å²) in [5, 5.41) is 9.20. The molecule has 1 unspecified atom stereocenters. The number of rotatable bonds is 2. The summed E-state index contributed by atoms with van der Waals surface area (Å²) in [4.78, 5) is 0. The van der Waals surface area contributed by atoms with Gasteiger partial charge < -0.3 is 14.2 Å². The molecule has 0 N–H and O–H groups in total. The minimum atomic E-state index is 0.00625. The first-order chi connectivity index (χ1) is 10.3. The molecule has 2 aromatic rings. The Labute approximate surface area is 122 Å². The maximum Gasteiger partial charge on any atom is 0.231 e. The molecular weight excluding hydrogens is 266 g/mol. The van der Waals surface area contributed by atoms with Crippen LogP contribution in [0.2, 0.25) is 0 Å². The zero-order chi connectivity index (χ0) is 14.4. The van der Waals surface area contributed by atoms with Gasteiger partial charge in [-0.05, 0) is 34.9 Å². The van der Waals surface area contributed by atoms with Crippen molar-refractivity contribution in [3.63, 3.8) is 0 Å². The van der Waals surface area contributed by atoms with E-state index < -0.39 is 0 Å². The van der Waals surface area contributed by atoms with Crippen molar-refractivity contribution in [3.8, 4) is 34.4 Å². The first kappa shape index (κ1) is 12.1. The summed E-state index contributed by atoms with van der Waals surface area (Å²) >= 11 is 0. The lowest BCUT2D eigenvalue weighted by atomic mass is 9.93. The van der Waals surface area contributed by atoms with Gasteiger partial charge in [-0.1, -0.05) is 12.1 Å². The second kappa shape index (κ2) is 4.42. The van der Waals surface area contributed by atoms with E-state index in [-0.39, 0.29) is 12.7 Å². The van der Waals surface area contributed by atoms with Gasteiger partial charge in [0.25, 0.3) is 0 Å². The zero-order valence-corrected chi connectivity index (χ0v) is 11.6. The first-order valence-corrected chi connectivity index (χ1v) is 6.81. The number of nitriles is 1. The highest BCUT2D eigenvalue weighted by Gasteiger charge is 2.35. The van der Waals surface area contributed by atoms with Gasteiger partial charge >= 0.3 is 0 Å². The largest absolute Gasteiger partial charge is 0.497 e. The third-order valence-corrected chi connectivity index (χ3v) is 4.15. The molecule has 1 heterocycles. The van der Waals surface area contributed by atoms with Gasteiger partial charge in [-0.15, -0.1) is 0 Å². The molecule has 0 bridgehead atoms. The van der Waals surface area contributed by atoms with Crippen molar-refractivity contribution < 1.29 is 14.2 Å². The molecule has 0 saturated carbocycles. The molecule has 0 amide bonds. The summed E-state index contributed by atoms with van der Waals surface area (Å²) in [7, 11) is 1.65. The third kappa shape index (κ3) is 1.61. The number of nitrogens with zero attached hydrogens (tertiary/aromatic N) is 1. The fourth-order valence-electron chi connectivity index (χ4n) is 3.23. The fourth-order valence-corrected chi connectivity index (χ4v) is 3.23. The first-order valence-electron chi connectivity index (χ1n) is 6.81. The van der Waals surface area contributed by atoms with E-state index in [1.54, 1.807) is 7.11 Å². The zero-order valence-electron chi connectivity index (χ0n) is 11.6. The Bertz CT molecular complexity index is 776. The van der Waals surface area contributed by atoms with Crippen LogP contribution in [0.5, 0.6) is 17.2 Å². The average molecular weight is 279 g/mol. The van der Waals surface area contributed by atoms with E-state index in [9.17, 15) is 5.26 Å². The Hall–Kier alpha value is -2.67. The molecule has 1 aliphatic carbocycles. The van der Waals surface area contributed by atoms with Crippen LogP contribution >= 0.6 is 0 Å². The van der Waals surface area contributed by atoms with E-state index in [4.69, 9.17) is 14.2 Å². The van der Waals surface area contributed by atoms with Gasteiger partial charge in [0.15, 0.2) is 11.5 Å². The lowest BCUT2D eigenvalue weighted by Gasteiger charge is -2.12. The summed E-state index contributed by atoms with van der Waals surface area (Å²) in [5.74, 6) is 2.35. The second-order valence-corrected chi connectivity index (χ2v) is 5.13. The van der Waals surface area contributed by atoms with E-state index in [1.165, 1.54) is 0 Å². The van der Waals surface area contributed by atoms with Gasteiger partial charge in [0.2, 0.25) is 6.79 Å². The fraction of sp³-hybridized carbons (Fsp3) is 0.235. The number of methoxy groups -OCH3 is 1. The topological polar surface area (TPSA) is 51.5 Å². The predicted octanol–water partition coefficient (Wildman–Crippen LogP) is 3.45. The van der Waals surface area contributed by atoms with Crippen LogP contribution in [0.3, 0.4) is 0 Å². The maximum atomic E-state index is 9.20. The van der Waals surface area contributed by atoms with Gasteiger partial charge in [0.05, 0.1) is 13.2 Å². The van der Waals surface area contributed by atoms with E-state index in [0.29, 0.717) is 6.42 Å². The number of hydrogen-bond donors (Lipinski definition) is 0. The summed E-state index contributed by atoms with van der Waals surface area (Å²) in [6, 6.07) is 12.3. The lowest BCUT2D eigenvalue weighted by Crippen LogP contribution is -1.99. The highest BCUT2D eigenvalue weighted by molar-refractivity contribution is 5.83. The molecule has 104 valence electrons. The molecule has 0 radical (unpaired) electrons. The number of fused-ring (bicyclic) bond motifs is 5. The average Bonchev–Trinajstić information content (AvgIpc) is 3.10. The van der Waals surface area contributed by atoms with Crippen LogP contribution < -0.4 is 14.2 Å². The van der Waals surface area contributed by atoms with Gasteiger partial charge in [0.1, 0.15) is 5.75 Å². The van der Waals surface area contributed by atoms with Gasteiger partial charge in [0, 0.05) is 17.9 Å². The third-order valence-electron chi connectivity index (χ3n) is 4.15. The van der Waals surface area contributed by atoms with Crippen LogP contribution in [0, 0.1) is 11.3 Å². The monoisotopic (exact) mass is 279 g/mol. The molecule has 21 heavy (non-hydrogen) atoms. The predicted molar refractivity (Wildman–Crippen MR) is 76.6 cm³/mol. The summed E-state index contributed by atoms with van der Waals surface area (Å²) in [6.07, 6.45) is 0.410. The quantitative estimate of drug-likeness (QED) is 0.844. The molecule has 4 nitrogen and oxygen atoms in total. The van der Waals surface area contributed by atoms with Crippen molar-refractivity contribution in [3.05, 3.63) is 41.5 Å².